The molecule has 0 N–H and O–H groups in total. The van der Waals surface area contributed by atoms with Crippen LogP contribution >= 0.6 is 0 Å². The van der Waals surface area contributed by atoms with Crippen molar-refractivity contribution in [2.24, 2.45) is 0 Å². The number of benzene rings is 1. The molecule has 0 spiro atoms. The molecule has 0 radical (unpaired) electrons. The van der Waals surface area contributed by atoms with Crippen LogP contribution in [0, 0.1) is 0 Å². The largest absolute Gasteiger partial charge is 0.457 e. The van der Waals surface area contributed by atoms with Crippen LogP contribution in [-0.4, -0.2) is 30.1 Å². The summed E-state index contributed by atoms with van der Waals surface area (Å²) in [5, 5.41) is 0. The second-order valence-electron chi connectivity index (χ2n) is 5.89. The Kier molecular flexibility index (Phi) is 8.89. The van der Waals surface area contributed by atoms with Gasteiger partial charge in [0.15, 0.2) is 6.61 Å². The van der Waals surface area contributed by atoms with Crippen LogP contribution in [0.5, 0.6) is 0 Å². The molecule has 1 aromatic rings. The number of carbonyl (C=O) groups excluding carboxylic acids is 2. The highest BCUT2D eigenvalue weighted by molar-refractivity contribution is 5.89. The average Bonchev–Trinajstić information content (AvgIpc) is 2.52. The molecule has 0 aliphatic rings. The van der Waals surface area contributed by atoms with Crippen LogP contribution in [0.1, 0.15) is 44.5 Å². The van der Waals surface area contributed by atoms with Gasteiger partial charge in [-0.15, -0.1) is 0 Å². The van der Waals surface area contributed by atoms with Crippen molar-refractivity contribution in [1.82, 2.24) is 0 Å². The van der Waals surface area contributed by atoms with Gasteiger partial charge in [-0.3, -0.25) is 0 Å². The van der Waals surface area contributed by atoms with Gasteiger partial charge in [0.2, 0.25) is 0 Å². The van der Waals surface area contributed by atoms with Gasteiger partial charge in [-0.25, -0.2) is 18.4 Å². The predicted molar refractivity (Wildman–Crippen MR) is 88.0 cm³/mol. The molecule has 0 aliphatic carbocycles. The molecule has 24 heavy (non-hydrogen) atoms. The second-order valence-corrected chi connectivity index (χ2v) is 5.89. The van der Waals surface area contributed by atoms with E-state index in [0.29, 0.717) is 0 Å². The van der Waals surface area contributed by atoms with E-state index in [1.165, 1.54) is 19.1 Å². The Balaban J connectivity index is 0.000000506. The van der Waals surface area contributed by atoms with Crippen LogP contribution in [-0.2, 0) is 14.3 Å². The molecule has 0 fully saturated rings. The van der Waals surface area contributed by atoms with Crippen LogP contribution in [0.4, 0.5) is 8.78 Å². The number of esters is 2. The lowest BCUT2D eigenvalue weighted by Crippen LogP contribution is -2.24. The van der Waals surface area contributed by atoms with Crippen LogP contribution in [0.2, 0.25) is 0 Å². The van der Waals surface area contributed by atoms with Crippen molar-refractivity contribution in [1.29, 1.82) is 0 Å². The zero-order valence-electron chi connectivity index (χ0n) is 14.5. The van der Waals surface area contributed by atoms with Gasteiger partial charge in [0.25, 0.3) is 5.92 Å². The molecule has 0 atom stereocenters. The van der Waals surface area contributed by atoms with Crippen LogP contribution in [0.3, 0.4) is 0 Å². The van der Waals surface area contributed by atoms with Gasteiger partial charge in [-0.2, -0.15) is 0 Å². The van der Waals surface area contributed by atoms with E-state index in [1.54, 1.807) is 18.2 Å². The van der Waals surface area contributed by atoms with E-state index in [4.69, 9.17) is 4.74 Å². The molecule has 0 aromatic heterocycles. The summed E-state index contributed by atoms with van der Waals surface area (Å²) in [5.41, 5.74) is -0.116. The lowest BCUT2D eigenvalue weighted by atomic mass is 10.2. The fraction of sp³-hybridized carbons (Fsp3) is 0.444. The fourth-order valence-electron chi connectivity index (χ4n) is 1.27. The lowest BCUT2D eigenvalue weighted by molar-refractivity contribution is -0.148. The van der Waals surface area contributed by atoms with Crippen LogP contribution in [0.15, 0.2) is 43.0 Å². The minimum Gasteiger partial charge on any atom is -0.457 e. The van der Waals surface area contributed by atoms with Crippen LogP contribution < -0.4 is 0 Å². The third-order valence-corrected chi connectivity index (χ3v) is 2.51. The Morgan fingerprint density at radius 3 is 2.08 bits per heavy atom. The lowest BCUT2D eigenvalue weighted by Gasteiger charge is -2.17. The fourth-order valence-corrected chi connectivity index (χ4v) is 1.27. The summed E-state index contributed by atoms with van der Waals surface area (Å²) in [6.45, 7) is 9.19. The smallest absolute Gasteiger partial charge is 0.338 e. The van der Waals surface area contributed by atoms with Gasteiger partial charge < -0.3 is 9.47 Å². The Bertz CT molecular complexity index is 534. The SMILES string of the molecule is C=CC(=O)OC(C)(C)C.CCC(F)(F)COC(=O)c1ccccc1. The molecule has 1 aromatic carbocycles. The minimum absolute atomic E-state index is 0.282. The normalized spacial score (nSPS) is 10.9. The summed E-state index contributed by atoms with van der Waals surface area (Å²) in [6, 6.07) is 8.07. The maximum Gasteiger partial charge on any atom is 0.338 e. The third kappa shape index (κ3) is 10.5. The number of rotatable bonds is 5. The molecule has 0 unspecified atom stereocenters. The Labute approximate surface area is 141 Å². The molecule has 0 heterocycles. The van der Waals surface area contributed by atoms with Gasteiger partial charge in [-0.05, 0) is 32.9 Å². The highest BCUT2D eigenvalue weighted by Gasteiger charge is 2.28. The van der Waals surface area contributed by atoms with Crippen molar-refractivity contribution in [2.75, 3.05) is 6.61 Å². The number of hydrogen-bond acceptors (Lipinski definition) is 4. The van der Waals surface area contributed by atoms with Gasteiger partial charge in [0.05, 0.1) is 5.56 Å². The van der Waals surface area contributed by atoms with E-state index >= 15 is 0 Å². The number of ether oxygens (including phenoxy) is 2. The predicted octanol–water partition coefficient (Wildman–Crippen LogP) is 4.40. The topological polar surface area (TPSA) is 52.6 Å². The third-order valence-electron chi connectivity index (χ3n) is 2.51. The van der Waals surface area contributed by atoms with Crippen molar-refractivity contribution in [2.45, 2.75) is 45.6 Å². The van der Waals surface area contributed by atoms with E-state index in [2.05, 4.69) is 11.3 Å². The number of halogens is 2. The highest BCUT2D eigenvalue weighted by atomic mass is 19.3. The zero-order chi connectivity index (χ0) is 18.8. The van der Waals surface area contributed by atoms with E-state index < -0.39 is 24.1 Å². The van der Waals surface area contributed by atoms with Crippen molar-refractivity contribution in [3.63, 3.8) is 0 Å². The van der Waals surface area contributed by atoms with Crippen molar-refractivity contribution in [3.05, 3.63) is 48.6 Å². The molecular formula is C18H24F2O4. The maximum absolute atomic E-state index is 12.8. The quantitative estimate of drug-likeness (QED) is 0.588. The highest BCUT2D eigenvalue weighted by Crippen LogP contribution is 2.18. The molecule has 0 saturated carbocycles. The summed E-state index contributed by atoms with van der Waals surface area (Å²) < 4.78 is 34.8. The average molecular weight is 342 g/mol. The maximum atomic E-state index is 12.8. The van der Waals surface area contributed by atoms with Crippen molar-refractivity contribution in [3.8, 4) is 0 Å². The molecule has 134 valence electrons. The van der Waals surface area contributed by atoms with E-state index in [9.17, 15) is 18.4 Å². The molecule has 6 heteroatoms. The number of carbonyl (C=O) groups is 2. The summed E-state index contributed by atoms with van der Waals surface area (Å²) in [4.78, 5) is 21.7. The summed E-state index contributed by atoms with van der Waals surface area (Å²) in [6.07, 6.45) is 0.820. The first-order chi connectivity index (χ1) is 11.0. The molecule has 0 saturated heterocycles. The van der Waals surface area contributed by atoms with Crippen molar-refractivity contribution < 1.29 is 27.8 Å². The molecule has 0 aliphatic heterocycles. The summed E-state index contributed by atoms with van der Waals surface area (Å²) >= 11 is 0. The van der Waals surface area contributed by atoms with Crippen molar-refractivity contribution >= 4 is 11.9 Å². The van der Waals surface area contributed by atoms with E-state index in [0.717, 1.165) is 6.08 Å². The first kappa shape index (κ1) is 21.8. The zero-order valence-corrected chi connectivity index (χ0v) is 14.5. The van der Waals surface area contributed by atoms with Gasteiger partial charge in [0.1, 0.15) is 5.60 Å². The van der Waals surface area contributed by atoms with E-state index in [-0.39, 0.29) is 18.0 Å². The standard InChI is InChI=1S/C11H12F2O2.C7H12O2/c1-2-11(12,13)8-15-10(14)9-6-4-3-5-7-9;1-5-6(8)9-7(2,3)4/h3-7H,2,8H2,1H3;5H,1H2,2-4H3. The molecule has 1 rings (SSSR count). The molecule has 0 bridgehead atoms. The molecular weight excluding hydrogens is 318 g/mol. The Morgan fingerprint density at radius 2 is 1.71 bits per heavy atom. The Morgan fingerprint density at radius 1 is 1.17 bits per heavy atom. The monoisotopic (exact) mass is 342 g/mol. The van der Waals surface area contributed by atoms with E-state index in [1.807, 2.05) is 20.8 Å². The summed E-state index contributed by atoms with van der Waals surface area (Å²) in [5.74, 6) is -4.03. The van der Waals surface area contributed by atoms with Crippen LogP contribution in [0.25, 0.3) is 0 Å². The van der Waals surface area contributed by atoms with Gasteiger partial charge >= 0.3 is 11.9 Å². The van der Waals surface area contributed by atoms with Gasteiger partial charge in [-0.1, -0.05) is 31.7 Å². The molecule has 4 nitrogen and oxygen atoms in total. The first-order valence-electron chi connectivity index (χ1n) is 7.46. The minimum atomic E-state index is -2.94. The second kappa shape index (κ2) is 9.80. The summed E-state index contributed by atoms with van der Waals surface area (Å²) in [7, 11) is 0. The number of alkyl halides is 2. The first-order valence-corrected chi connectivity index (χ1v) is 7.46. The Hall–Kier alpha value is -2.24. The molecule has 0 amide bonds. The number of hydrogen-bond donors (Lipinski definition) is 0. The van der Waals surface area contributed by atoms with Gasteiger partial charge in [0, 0.05) is 12.5 Å².